The van der Waals surface area contributed by atoms with Gasteiger partial charge in [0.1, 0.15) is 30.5 Å². The molecule has 372 valence electrons. The zero-order valence-electron chi connectivity index (χ0n) is 41.0. The van der Waals surface area contributed by atoms with Crippen molar-refractivity contribution in [3.63, 3.8) is 0 Å². The lowest BCUT2D eigenvalue weighted by Gasteiger charge is -2.39. The molecule has 4 N–H and O–H groups in total. The summed E-state index contributed by atoms with van der Waals surface area (Å²) in [6.07, 6.45) is 52.5. The summed E-state index contributed by atoms with van der Waals surface area (Å²) in [6, 6.07) is 0. The Labute approximate surface area is 392 Å². The van der Waals surface area contributed by atoms with Gasteiger partial charge in [-0.25, -0.2) is 0 Å². The Morgan fingerprint density at radius 1 is 0.500 bits per heavy atom. The van der Waals surface area contributed by atoms with E-state index in [4.69, 9.17) is 18.9 Å². The molecule has 1 aliphatic heterocycles. The molecule has 0 bridgehead atoms. The van der Waals surface area contributed by atoms with Crippen LogP contribution in [0.3, 0.4) is 0 Å². The number of unbranched alkanes of at least 4 members (excludes halogenated alkanes) is 24. The molecule has 0 amide bonds. The zero-order chi connectivity index (χ0) is 46.4. The third-order valence-corrected chi connectivity index (χ3v) is 11.9. The molecule has 0 aliphatic carbocycles. The highest BCUT2D eigenvalue weighted by atomic mass is 16.7. The minimum Gasteiger partial charge on any atom is -0.457 e. The summed E-state index contributed by atoms with van der Waals surface area (Å²) >= 11 is 0. The Hall–Kier alpha value is -2.11. The summed E-state index contributed by atoms with van der Waals surface area (Å²) in [7, 11) is 0. The topological polar surface area (TPSA) is 135 Å². The van der Waals surface area contributed by atoms with Crippen LogP contribution < -0.4 is 0 Å². The van der Waals surface area contributed by atoms with Crippen molar-refractivity contribution in [3.8, 4) is 0 Å². The molecule has 1 rings (SSSR count). The summed E-state index contributed by atoms with van der Waals surface area (Å²) in [6.45, 7) is 4.51. The van der Waals surface area contributed by atoms with Crippen molar-refractivity contribution in [3.05, 3.63) is 60.8 Å². The highest BCUT2D eigenvalue weighted by Crippen LogP contribution is 2.23. The van der Waals surface area contributed by atoms with Gasteiger partial charge < -0.3 is 39.4 Å². The molecule has 9 heteroatoms. The van der Waals surface area contributed by atoms with Gasteiger partial charge in [0.15, 0.2) is 6.29 Å². The van der Waals surface area contributed by atoms with Crippen molar-refractivity contribution in [1.82, 2.24) is 0 Å². The smallest absolute Gasteiger partial charge is 0.306 e. The third kappa shape index (κ3) is 36.1. The first-order valence-corrected chi connectivity index (χ1v) is 26.4. The Bertz CT molecular complexity index is 1160. The summed E-state index contributed by atoms with van der Waals surface area (Å²) in [5.41, 5.74) is 0. The van der Waals surface area contributed by atoms with Crippen molar-refractivity contribution in [1.29, 1.82) is 0 Å². The number of carbonyl (C=O) groups excluding carboxylic acids is 1. The summed E-state index contributed by atoms with van der Waals surface area (Å²) < 4.78 is 22.9. The molecule has 64 heavy (non-hydrogen) atoms. The highest BCUT2D eigenvalue weighted by molar-refractivity contribution is 5.69. The molecule has 9 nitrogen and oxygen atoms in total. The maximum Gasteiger partial charge on any atom is 0.306 e. The minimum atomic E-state index is -1.54. The van der Waals surface area contributed by atoms with Crippen LogP contribution in [0.1, 0.15) is 219 Å². The van der Waals surface area contributed by atoms with E-state index in [-0.39, 0.29) is 19.2 Å². The monoisotopic (exact) mass is 903 g/mol. The Morgan fingerprint density at radius 3 is 1.39 bits per heavy atom. The average molecular weight is 903 g/mol. The van der Waals surface area contributed by atoms with Crippen molar-refractivity contribution in [2.45, 2.75) is 256 Å². The van der Waals surface area contributed by atoms with Gasteiger partial charge in [-0.2, -0.15) is 0 Å². The molecular formula is C55H98O9. The number of allylic oxidation sites excluding steroid dienone is 10. The Morgan fingerprint density at radius 2 is 0.906 bits per heavy atom. The number of ether oxygens (including phenoxy) is 4. The van der Waals surface area contributed by atoms with Crippen LogP contribution in [0, 0.1) is 0 Å². The molecule has 0 radical (unpaired) electrons. The molecule has 6 atom stereocenters. The van der Waals surface area contributed by atoms with E-state index in [1.165, 1.54) is 135 Å². The first kappa shape index (κ1) is 59.9. The van der Waals surface area contributed by atoms with E-state index in [1.54, 1.807) is 0 Å². The van der Waals surface area contributed by atoms with Gasteiger partial charge in [0.25, 0.3) is 0 Å². The molecule has 6 unspecified atom stereocenters. The Balaban J connectivity index is 2.21. The van der Waals surface area contributed by atoms with Gasteiger partial charge in [-0.15, -0.1) is 0 Å². The first-order valence-electron chi connectivity index (χ1n) is 26.4. The van der Waals surface area contributed by atoms with Gasteiger partial charge in [0.05, 0.1) is 19.8 Å². The second kappa shape index (κ2) is 46.0. The summed E-state index contributed by atoms with van der Waals surface area (Å²) in [4.78, 5) is 12.8. The van der Waals surface area contributed by atoms with Gasteiger partial charge in [-0.1, -0.05) is 190 Å². The fourth-order valence-corrected chi connectivity index (χ4v) is 7.76. The lowest BCUT2D eigenvalue weighted by Crippen LogP contribution is -2.59. The van der Waals surface area contributed by atoms with Crippen LogP contribution in [0.4, 0.5) is 0 Å². The lowest BCUT2D eigenvalue weighted by molar-refractivity contribution is -0.305. The van der Waals surface area contributed by atoms with Crippen molar-refractivity contribution < 1.29 is 44.2 Å². The normalized spacial score (nSPS) is 20.0. The molecular weight excluding hydrogens is 805 g/mol. The van der Waals surface area contributed by atoms with E-state index in [0.29, 0.717) is 13.0 Å². The maximum atomic E-state index is 12.8. The van der Waals surface area contributed by atoms with E-state index in [9.17, 15) is 25.2 Å². The van der Waals surface area contributed by atoms with Crippen LogP contribution in [0.25, 0.3) is 0 Å². The zero-order valence-corrected chi connectivity index (χ0v) is 41.0. The molecule has 0 spiro atoms. The highest BCUT2D eigenvalue weighted by Gasteiger charge is 2.44. The SMILES string of the molecule is CCCCC/C=C\C/C=C\C/C=C\CCCCCCCCC(=O)OC(COCCCCCCCCCCCC/C=C\C/C=C\CCCCCCC)COC1OC(CO)C(O)C(O)C1O. The number of hydrogen-bond acceptors (Lipinski definition) is 9. The number of carbonyl (C=O) groups is 1. The molecule has 1 aliphatic rings. The average Bonchev–Trinajstić information content (AvgIpc) is 3.30. The largest absolute Gasteiger partial charge is 0.457 e. The van der Waals surface area contributed by atoms with Crippen molar-refractivity contribution >= 4 is 5.97 Å². The number of hydrogen-bond donors (Lipinski definition) is 4. The van der Waals surface area contributed by atoms with Crippen molar-refractivity contribution in [2.75, 3.05) is 26.4 Å². The van der Waals surface area contributed by atoms with Crippen LogP contribution in [0.5, 0.6) is 0 Å². The summed E-state index contributed by atoms with van der Waals surface area (Å²) in [5, 5.41) is 40.3. The van der Waals surface area contributed by atoms with Crippen LogP contribution in [-0.2, 0) is 23.7 Å². The second-order valence-electron chi connectivity index (χ2n) is 18.0. The molecule has 0 aromatic heterocycles. The van der Waals surface area contributed by atoms with Crippen molar-refractivity contribution in [2.24, 2.45) is 0 Å². The van der Waals surface area contributed by atoms with Crippen LogP contribution in [0.15, 0.2) is 60.8 Å². The minimum absolute atomic E-state index is 0.122. The quantitative estimate of drug-likeness (QED) is 0.0268. The van der Waals surface area contributed by atoms with Crippen LogP contribution in [-0.4, -0.2) is 89.6 Å². The molecule has 0 saturated carbocycles. The predicted octanol–water partition coefficient (Wildman–Crippen LogP) is 13.0. The molecule has 1 fully saturated rings. The van der Waals surface area contributed by atoms with E-state index in [1.807, 2.05) is 0 Å². The van der Waals surface area contributed by atoms with E-state index >= 15 is 0 Å². The fraction of sp³-hybridized carbons (Fsp3) is 0.800. The molecule has 1 heterocycles. The second-order valence-corrected chi connectivity index (χ2v) is 18.0. The van der Waals surface area contributed by atoms with Gasteiger partial charge >= 0.3 is 5.97 Å². The summed E-state index contributed by atoms with van der Waals surface area (Å²) in [5.74, 6) is -0.327. The number of aliphatic hydroxyl groups excluding tert-OH is 4. The Kier molecular flexibility index (Phi) is 43.1. The van der Waals surface area contributed by atoms with Gasteiger partial charge in [0.2, 0.25) is 0 Å². The van der Waals surface area contributed by atoms with Gasteiger partial charge in [-0.3, -0.25) is 4.79 Å². The van der Waals surface area contributed by atoms with E-state index < -0.39 is 43.4 Å². The van der Waals surface area contributed by atoms with Crippen LogP contribution in [0.2, 0.25) is 0 Å². The standard InChI is InChI=1S/C55H98O9/c1-3-5-7-9-11-13-15-17-19-21-23-24-25-27-29-31-33-35-37-39-41-43-45-61-47-49(48-62-55-54(60)53(59)52(58)50(46-56)64-55)63-51(57)44-42-40-38-36-34-32-30-28-26-22-20-18-16-14-12-10-8-6-4-2/h12,14-15,17-18,20-21,23,26,28,49-50,52-56,58-60H,3-11,13,16,19,22,24-25,27,29-48H2,1-2H3/b14-12-,17-15-,20-18-,23-21-,28-26-. The van der Waals surface area contributed by atoms with Gasteiger partial charge in [0, 0.05) is 13.0 Å². The van der Waals surface area contributed by atoms with Gasteiger partial charge in [-0.05, 0) is 83.5 Å². The molecule has 0 aromatic rings. The number of aliphatic hydroxyl groups is 4. The first-order chi connectivity index (χ1) is 31.4. The van der Waals surface area contributed by atoms with Crippen LogP contribution >= 0.6 is 0 Å². The van der Waals surface area contributed by atoms with E-state index in [2.05, 4.69) is 74.6 Å². The number of rotatable bonds is 45. The van der Waals surface area contributed by atoms with E-state index in [0.717, 1.165) is 64.2 Å². The third-order valence-electron chi connectivity index (χ3n) is 11.9. The molecule has 0 aromatic carbocycles. The molecule has 1 saturated heterocycles. The fourth-order valence-electron chi connectivity index (χ4n) is 7.76. The number of esters is 1. The predicted molar refractivity (Wildman–Crippen MR) is 265 cm³/mol. The maximum absolute atomic E-state index is 12.8. The lowest BCUT2D eigenvalue weighted by atomic mass is 9.99.